The van der Waals surface area contributed by atoms with Gasteiger partial charge < -0.3 is 25.2 Å². The molecule has 0 aromatic rings. The summed E-state index contributed by atoms with van der Waals surface area (Å²) in [6.07, 6.45) is -5.61. The molecule has 0 radical (unpaired) electrons. The largest absolute Gasteiger partial charge is 0.478 e. The van der Waals surface area contributed by atoms with Gasteiger partial charge in [0.2, 0.25) is 5.72 Å². The average molecular weight is 207 g/mol. The number of carbonyl (C=O) groups is 1. The quantitative estimate of drug-likeness (QED) is 0.331. The van der Waals surface area contributed by atoms with Gasteiger partial charge in [0, 0.05) is 0 Å². The van der Waals surface area contributed by atoms with Crippen molar-refractivity contribution in [3.8, 4) is 0 Å². The van der Waals surface area contributed by atoms with Gasteiger partial charge in [0.1, 0.15) is 18.3 Å². The second kappa shape index (κ2) is 3.44. The Kier molecular flexibility index (Phi) is 2.79. The van der Waals surface area contributed by atoms with Crippen LogP contribution in [0.5, 0.6) is 0 Å². The fraction of sp³-hybridized carbons (Fsp3) is 0.857. The van der Waals surface area contributed by atoms with E-state index in [1.807, 2.05) is 0 Å². The van der Waals surface area contributed by atoms with Gasteiger partial charge in [0.15, 0.2) is 0 Å². The van der Waals surface area contributed by atoms with Gasteiger partial charge in [-0.05, 0) is 6.92 Å². The van der Waals surface area contributed by atoms with E-state index in [1.54, 1.807) is 0 Å². The molecule has 0 aromatic carbocycles. The highest BCUT2D eigenvalue weighted by atomic mass is 16.6. The molecule has 0 bridgehead atoms. The third-order valence-electron chi connectivity index (χ3n) is 2.24. The Balaban J connectivity index is 2.91. The zero-order valence-corrected chi connectivity index (χ0v) is 7.49. The van der Waals surface area contributed by atoms with Crippen molar-refractivity contribution in [1.29, 1.82) is 0 Å². The first-order chi connectivity index (χ1) is 6.30. The lowest BCUT2D eigenvalue weighted by Crippen LogP contribution is -2.57. The van der Waals surface area contributed by atoms with E-state index in [1.165, 1.54) is 6.92 Å². The third-order valence-corrected chi connectivity index (χ3v) is 2.24. The van der Waals surface area contributed by atoms with Crippen LogP contribution in [0.3, 0.4) is 0 Å². The Morgan fingerprint density at radius 2 is 2.07 bits per heavy atom. The summed E-state index contributed by atoms with van der Waals surface area (Å²) in [6.45, 7) is 1.30. The molecule has 7 nitrogen and oxygen atoms in total. The van der Waals surface area contributed by atoms with E-state index in [0.29, 0.717) is 0 Å². The summed E-state index contributed by atoms with van der Waals surface area (Å²) in [5, 5.41) is 36.4. The van der Waals surface area contributed by atoms with Gasteiger partial charge in [0.05, 0.1) is 6.10 Å². The van der Waals surface area contributed by atoms with Gasteiger partial charge in [0.25, 0.3) is 0 Å². The molecule has 7 heteroatoms. The Morgan fingerprint density at radius 3 is 2.29 bits per heavy atom. The van der Waals surface area contributed by atoms with Crippen LogP contribution < -0.4 is 5.73 Å². The first-order valence-corrected chi connectivity index (χ1v) is 4.05. The molecule has 1 aliphatic rings. The van der Waals surface area contributed by atoms with Gasteiger partial charge in [-0.1, -0.05) is 0 Å². The molecule has 14 heavy (non-hydrogen) atoms. The van der Waals surface area contributed by atoms with E-state index < -0.39 is 36.1 Å². The minimum Gasteiger partial charge on any atom is -0.478 e. The fourth-order valence-corrected chi connectivity index (χ4v) is 1.36. The Morgan fingerprint density at radius 1 is 1.57 bits per heavy atom. The summed E-state index contributed by atoms with van der Waals surface area (Å²) in [6, 6.07) is 0. The number of aliphatic hydroxyl groups is 3. The van der Waals surface area contributed by atoms with Crippen molar-refractivity contribution in [3.05, 3.63) is 0 Å². The fourth-order valence-electron chi connectivity index (χ4n) is 1.36. The molecule has 0 saturated carbocycles. The number of aliphatic hydroxyl groups excluding tert-OH is 3. The number of carboxylic acids is 1. The first kappa shape index (κ1) is 11.3. The van der Waals surface area contributed by atoms with Crippen molar-refractivity contribution in [1.82, 2.24) is 0 Å². The summed E-state index contributed by atoms with van der Waals surface area (Å²) >= 11 is 0. The Bertz CT molecular complexity index is 244. The van der Waals surface area contributed by atoms with Gasteiger partial charge in [-0.3, -0.25) is 5.73 Å². The molecule has 2 unspecified atom stereocenters. The number of carboxylic acid groups (broad SMARTS) is 1. The molecule has 1 aliphatic heterocycles. The second-order valence-electron chi connectivity index (χ2n) is 3.36. The van der Waals surface area contributed by atoms with Crippen LogP contribution in [0.4, 0.5) is 0 Å². The van der Waals surface area contributed by atoms with Gasteiger partial charge in [-0.15, -0.1) is 0 Å². The molecular weight excluding hydrogens is 194 g/mol. The zero-order chi connectivity index (χ0) is 11.1. The van der Waals surface area contributed by atoms with E-state index in [-0.39, 0.29) is 0 Å². The lowest BCUT2D eigenvalue weighted by molar-refractivity contribution is -0.175. The Labute approximate surface area is 79.7 Å². The van der Waals surface area contributed by atoms with Crippen molar-refractivity contribution in [3.63, 3.8) is 0 Å². The lowest BCUT2D eigenvalue weighted by atomic mass is 10.0. The van der Waals surface area contributed by atoms with Gasteiger partial charge in [-0.2, -0.15) is 0 Å². The third kappa shape index (κ3) is 1.49. The topological polar surface area (TPSA) is 133 Å². The maximum Gasteiger partial charge on any atom is 0.354 e. The van der Waals surface area contributed by atoms with E-state index in [9.17, 15) is 15.0 Å². The van der Waals surface area contributed by atoms with Crippen LogP contribution in [-0.4, -0.2) is 56.5 Å². The van der Waals surface area contributed by atoms with E-state index in [2.05, 4.69) is 0 Å². The maximum atomic E-state index is 10.6. The van der Waals surface area contributed by atoms with Crippen LogP contribution in [-0.2, 0) is 9.53 Å². The molecule has 1 fully saturated rings. The molecule has 0 aliphatic carbocycles. The molecule has 0 aromatic heterocycles. The molecule has 6 N–H and O–H groups in total. The van der Waals surface area contributed by atoms with Crippen LogP contribution in [0.1, 0.15) is 6.92 Å². The summed E-state index contributed by atoms with van der Waals surface area (Å²) in [4.78, 5) is 10.6. The SMILES string of the molecule is C[C@H](O)[C@H]1O[C@](N)(C(=O)O)C(O)C1O. The molecular formula is C7H13NO6. The van der Waals surface area contributed by atoms with Crippen molar-refractivity contribution in [2.45, 2.75) is 37.1 Å². The van der Waals surface area contributed by atoms with Crippen LogP contribution in [0.2, 0.25) is 0 Å². The smallest absolute Gasteiger partial charge is 0.354 e. The van der Waals surface area contributed by atoms with Gasteiger partial charge >= 0.3 is 5.97 Å². The summed E-state index contributed by atoms with van der Waals surface area (Å²) in [5.74, 6) is -1.59. The van der Waals surface area contributed by atoms with Crippen molar-refractivity contribution in [2.75, 3.05) is 0 Å². The highest BCUT2D eigenvalue weighted by Crippen LogP contribution is 2.29. The van der Waals surface area contributed by atoms with E-state index in [0.717, 1.165) is 0 Å². The molecule has 1 saturated heterocycles. The number of rotatable bonds is 2. The summed E-state index contributed by atoms with van der Waals surface area (Å²) in [7, 11) is 0. The highest BCUT2D eigenvalue weighted by Gasteiger charge is 2.58. The van der Waals surface area contributed by atoms with E-state index >= 15 is 0 Å². The number of nitrogens with two attached hydrogens (primary N) is 1. The summed E-state index contributed by atoms with van der Waals surface area (Å²) in [5.41, 5.74) is 2.86. The van der Waals surface area contributed by atoms with E-state index in [4.69, 9.17) is 20.7 Å². The minimum absolute atomic E-state index is 1.12. The molecule has 0 amide bonds. The van der Waals surface area contributed by atoms with Gasteiger partial charge in [-0.25, -0.2) is 4.79 Å². The summed E-state index contributed by atoms with van der Waals surface area (Å²) < 4.78 is 4.72. The average Bonchev–Trinajstić information content (AvgIpc) is 2.31. The number of hydrogen-bond acceptors (Lipinski definition) is 6. The maximum absolute atomic E-state index is 10.6. The second-order valence-corrected chi connectivity index (χ2v) is 3.36. The predicted molar refractivity (Wildman–Crippen MR) is 43.1 cm³/mol. The van der Waals surface area contributed by atoms with Crippen molar-refractivity contribution < 1.29 is 30.0 Å². The van der Waals surface area contributed by atoms with Crippen molar-refractivity contribution in [2.24, 2.45) is 5.73 Å². The zero-order valence-electron chi connectivity index (χ0n) is 7.49. The molecule has 82 valence electrons. The molecule has 5 atom stereocenters. The number of hydrogen-bond donors (Lipinski definition) is 5. The van der Waals surface area contributed by atoms with Crippen LogP contribution in [0.15, 0.2) is 0 Å². The number of ether oxygens (including phenoxy) is 1. The molecule has 0 spiro atoms. The Hall–Kier alpha value is -0.730. The van der Waals surface area contributed by atoms with Crippen LogP contribution in [0, 0.1) is 0 Å². The first-order valence-electron chi connectivity index (χ1n) is 4.05. The highest BCUT2D eigenvalue weighted by molar-refractivity contribution is 5.78. The molecule has 1 heterocycles. The minimum atomic E-state index is -2.36. The van der Waals surface area contributed by atoms with Crippen LogP contribution >= 0.6 is 0 Å². The monoisotopic (exact) mass is 207 g/mol. The lowest BCUT2D eigenvalue weighted by Gasteiger charge is -2.22. The van der Waals surface area contributed by atoms with Crippen LogP contribution in [0.25, 0.3) is 0 Å². The number of aliphatic carboxylic acids is 1. The molecule has 1 rings (SSSR count). The standard InChI is InChI=1S/C7H13NO6/c1-2(9)4-3(10)5(11)7(8,14-4)6(12)13/h2-5,9-11H,8H2,1H3,(H,12,13)/t2-,3?,4+,5?,7-/m0/s1. The predicted octanol–water partition coefficient (Wildman–Crippen LogP) is -2.77. The normalized spacial score (nSPS) is 45.1. The van der Waals surface area contributed by atoms with Crippen molar-refractivity contribution >= 4 is 5.97 Å².